The van der Waals surface area contributed by atoms with Gasteiger partial charge in [0.1, 0.15) is 5.41 Å². The van der Waals surface area contributed by atoms with Crippen LogP contribution in [-0.2, 0) is 9.47 Å². The maximum absolute atomic E-state index is 9.69. The second kappa shape index (κ2) is 12.4. The van der Waals surface area contributed by atoms with E-state index >= 15 is 0 Å². The molecule has 3 nitrogen and oxygen atoms in total. The van der Waals surface area contributed by atoms with E-state index in [1.54, 1.807) is 0 Å². The minimum absolute atomic E-state index is 0.0621. The Hall–Kier alpha value is -0.590. The average Bonchev–Trinajstić information content (AvgIpc) is 2.80. The summed E-state index contributed by atoms with van der Waals surface area (Å²) in [7, 11) is 0. The number of ether oxygens (including phenoxy) is 2. The normalized spacial score (nSPS) is 37.6. The largest absolute Gasteiger partial charge is 0.351 e. The fourth-order valence-corrected chi connectivity index (χ4v) is 6.34. The lowest BCUT2D eigenvalue weighted by Crippen LogP contribution is -2.44. The van der Waals surface area contributed by atoms with Gasteiger partial charge < -0.3 is 9.47 Å². The first-order valence-electron chi connectivity index (χ1n) is 13.3. The van der Waals surface area contributed by atoms with E-state index < -0.39 is 5.41 Å². The Bertz CT molecular complexity index is 503. The molecule has 3 rings (SSSR count). The van der Waals surface area contributed by atoms with E-state index in [2.05, 4.69) is 19.9 Å². The van der Waals surface area contributed by atoms with E-state index in [1.807, 2.05) is 0 Å². The van der Waals surface area contributed by atoms with Crippen molar-refractivity contribution in [1.29, 1.82) is 5.26 Å². The molecule has 0 unspecified atom stereocenters. The molecule has 0 atom stereocenters. The lowest BCUT2D eigenvalue weighted by Gasteiger charge is -2.42. The minimum atomic E-state index is -0.404. The summed E-state index contributed by atoms with van der Waals surface area (Å²) in [6.45, 7) is 5.66. The van der Waals surface area contributed by atoms with E-state index in [9.17, 15) is 5.26 Å². The van der Waals surface area contributed by atoms with Gasteiger partial charge in [-0.3, -0.25) is 0 Å². The molecule has 30 heavy (non-hydrogen) atoms. The van der Waals surface area contributed by atoms with Crippen LogP contribution in [-0.4, -0.2) is 19.5 Å². The summed E-state index contributed by atoms with van der Waals surface area (Å²) in [6, 6.07) is 2.52. The summed E-state index contributed by atoms with van der Waals surface area (Å²) in [5.74, 6) is 3.48. The topological polar surface area (TPSA) is 42.2 Å². The van der Waals surface area contributed by atoms with Crippen LogP contribution in [0.4, 0.5) is 0 Å². The van der Waals surface area contributed by atoms with Gasteiger partial charge in [-0.15, -0.1) is 0 Å². The average molecular weight is 418 g/mol. The van der Waals surface area contributed by atoms with E-state index in [1.165, 1.54) is 89.9 Å². The molecule has 3 aliphatic rings. The van der Waals surface area contributed by atoms with Crippen molar-refractivity contribution < 1.29 is 9.47 Å². The Labute approximate surface area is 186 Å². The van der Waals surface area contributed by atoms with E-state index in [0.29, 0.717) is 19.1 Å². The van der Waals surface area contributed by atoms with Gasteiger partial charge in [-0.1, -0.05) is 71.6 Å². The summed E-state index contributed by atoms with van der Waals surface area (Å²) in [6.07, 6.45) is 21.2. The van der Waals surface area contributed by atoms with Gasteiger partial charge in [0.2, 0.25) is 0 Å². The predicted molar refractivity (Wildman–Crippen MR) is 123 cm³/mol. The Morgan fingerprint density at radius 3 is 1.83 bits per heavy atom. The van der Waals surface area contributed by atoms with E-state index in [-0.39, 0.29) is 6.29 Å². The predicted octanol–water partition coefficient (Wildman–Crippen LogP) is 7.64. The number of rotatable bonds is 10. The highest BCUT2D eigenvalue weighted by atomic mass is 16.7. The maximum atomic E-state index is 9.69. The number of hydrogen-bond donors (Lipinski definition) is 0. The van der Waals surface area contributed by atoms with Crippen molar-refractivity contribution >= 4 is 0 Å². The minimum Gasteiger partial charge on any atom is -0.351 e. The number of nitrogens with zero attached hydrogens (tertiary/aromatic N) is 1. The standard InChI is InChI=1S/C27H47NO2/c1-3-5-7-9-22-10-12-23(13-11-22)24-14-16-25(17-15-24)26-29-20-27(19-28,21-30-26)18-8-6-4-2/h22-26H,3-18,20-21H2,1-2H3/t22-,23-,24-,25+,26-,27-. The lowest BCUT2D eigenvalue weighted by molar-refractivity contribution is -0.244. The molecular weight excluding hydrogens is 370 g/mol. The van der Waals surface area contributed by atoms with Crippen molar-refractivity contribution in [2.45, 2.75) is 123 Å². The highest BCUT2D eigenvalue weighted by Gasteiger charge is 2.41. The van der Waals surface area contributed by atoms with Gasteiger partial charge in [-0.2, -0.15) is 5.26 Å². The highest BCUT2D eigenvalue weighted by Crippen LogP contribution is 2.44. The smallest absolute Gasteiger partial charge is 0.160 e. The molecule has 0 aromatic carbocycles. The summed E-state index contributed by atoms with van der Waals surface area (Å²) in [5.41, 5.74) is -0.404. The molecule has 3 fully saturated rings. The molecular formula is C27H47NO2. The van der Waals surface area contributed by atoms with Crippen molar-refractivity contribution in [1.82, 2.24) is 0 Å². The number of hydrogen-bond acceptors (Lipinski definition) is 3. The molecule has 0 aromatic heterocycles. The zero-order valence-corrected chi connectivity index (χ0v) is 19.9. The SMILES string of the molecule is CCCCC[C@H]1CC[C@H]([C@H]2CC[C@@H]([C@H]3OC[C@@](C#N)(CCCCC)CO3)CC2)CC1. The van der Waals surface area contributed by atoms with Crippen LogP contribution in [0.2, 0.25) is 0 Å². The van der Waals surface area contributed by atoms with Crippen molar-refractivity contribution in [3.8, 4) is 6.07 Å². The summed E-state index contributed by atoms with van der Waals surface area (Å²) in [5, 5.41) is 9.69. The quantitative estimate of drug-likeness (QED) is 0.343. The molecule has 0 spiro atoms. The van der Waals surface area contributed by atoms with Crippen LogP contribution in [0.3, 0.4) is 0 Å². The van der Waals surface area contributed by atoms with E-state index in [0.717, 1.165) is 30.6 Å². The second-order valence-corrected chi connectivity index (χ2v) is 10.8. The molecule has 0 bridgehead atoms. The Kier molecular flexibility index (Phi) is 9.98. The first-order valence-corrected chi connectivity index (χ1v) is 13.3. The van der Waals surface area contributed by atoms with Gasteiger partial charge in [-0.25, -0.2) is 0 Å². The third-order valence-corrected chi connectivity index (χ3v) is 8.52. The van der Waals surface area contributed by atoms with Crippen molar-refractivity contribution in [2.24, 2.45) is 29.1 Å². The fourth-order valence-electron chi connectivity index (χ4n) is 6.34. The van der Waals surface area contributed by atoms with Gasteiger partial charge in [0.25, 0.3) is 0 Å². The van der Waals surface area contributed by atoms with Crippen LogP contribution in [0.1, 0.15) is 117 Å². The van der Waals surface area contributed by atoms with Crippen molar-refractivity contribution in [3.05, 3.63) is 0 Å². The van der Waals surface area contributed by atoms with Gasteiger partial charge >= 0.3 is 0 Å². The lowest BCUT2D eigenvalue weighted by atomic mass is 9.68. The van der Waals surface area contributed by atoms with Crippen LogP contribution < -0.4 is 0 Å². The fraction of sp³-hybridized carbons (Fsp3) is 0.963. The molecule has 2 aliphatic carbocycles. The Morgan fingerprint density at radius 2 is 1.27 bits per heavy atom. The summed E-state index contributed by atoms with van der Waals surface area (Å²) >= 11 is 0. The molecule has 0 N–H and O–H groups in total. The van der Waals surface area contributed by atoms with Gasteiger partial charge in [0.05, 0.1) is 19.3 Å². The molecule has 1 saturated heterocycles. The summed E-state index contributed by atoms with van der Waals surface area (Å²) < 4.78 is 12.3. The molecule has 0 aromatic rings. The van der Waals surface area contributed by atoms with Crippen LogP contribution in [0.25, 0.3) is 0 Å². The van der Waals surface area contributed by atoms with Gasteiger partial charge in [0.15, 0.2) is 6.29 Å². The Balaban J connectivity index is 1.35. The molecule has 3 heteroatoms. The highest BCUT2D eigenvalue weighted by molar-refractivity contribution is 5.01. The number of nitriles is 1. The Morgan fingerprint density at radius 1 is 0.733 bits per heavy atom. The molecule has 172 valence electrons. The van der Waals surface area contributed by atoms with E-state index in [4.69, 9.17) is 9.47 Å². The molecule has 1 heterocycles. The molecule has 0 amide bonds. The second-order valence-electron chi connectivity index (χ2n) is 10.8. The number of unbranched alkanes of at least 4 members (excludes halogenated alkanes) is 4. The van der Waals surface area contributed by atoms with Crippen molar-refractivity contribution in [2.75, 3.05) is 13.2 Å². The summed E-state index contributed by atoms with van der Waals surface area (Å²) in [4.78, 5) is 0. The van der Waals surface area contributed by atoms with Crippen LogP contribution in [0.5, 0.6) is 0 Å². The maximum Gasteiger partial charge on any atom is 0.160 e. The molecule has 1 aliphatic heterocycles. The van der Waals surface area contributed by atoms with Crippen LogP contribution >= 0.6 is 0 Å². The van der Waals surface area contributed by atoms with Gasteiger partial charge in [-0.05, 0) is 62.7 Å². The van der Waals surface area contributed by atoms with Crippen molar-refractivity contribution in [3.63, 3.8) is 0 Å². The van der Waals surface area contributed by atoms with Gasteiger partial charge in [0, 0.05) is 5.92 Å². The first kappa shape index (κ1) is 24.1. The third-order valence-electron chi connectivity index (χ3n) is 8.52. The molecule has 2 saturated carbocycles. The zero-order chi connectivity index (χ0) is 21.2. The van der Waals surface area contributed by atoms with Crippen LogP contribution in [0, 0.1) is 40.4 Å². The van der Waals surface area contributed by atoms with Crippen LogP contribution in [0.15, 0.2) is 0 Å². The monoisotopic (exact) mass is 417 g/mol. The third kappa shape index (κ3) is 6.70. The molecule has 0 radical (unpaired) electrons. The first-order chi connectivity index (χ1) is 14.7. The zero-order valence-electron chi connectivity index (χ0n) is 19.9.